The number of hydrogen-bond donors (Lipinski definition) is 0. The molecule has 4 nitrogen and oxygen atoms in total. The molecule has 0 radical (unpaired) electrons. The number of aryl methyl sites for hydroxylation is 1. The molecule has 0 atom stereocenters. The van der Waals surface area contributed by atoms with Crippen molar-refractivity contribution in [2.45, 2.75) is 31.2 Å². The van der Waals surface area contributed by atoms with Gasteiger partial charge in [0.25, 0.3) is 0 Å². The maximum atomic E-state index is 13.2. The number of halogens is 1. The average molecular weight is 389 g/mol. The molecule has 2 aromatic heterocycles. The van der Waals surface area contributed by atoms with Gasteiger partial charge >= 0.3 is 0 Å². The van der Waals surface area contributed by atoms with E-state index >= 15 is 0 Å². The van der Waals surface area contributed by atoms with Crippen LogP contribution in [-0.4, -0.2) is 45.5 Å². The zero-order valence-corrected chi connectivity index (χ0v) is 16.4. The molecule has 0 aliphatic carbocycles. The molecule has 0 saturated carbocycles. The predicted molar refractivity (Wildman–Crippen MR) is 106 cm³/mol. The van der Waals surface area contributed by atoms with Crippen LogP contribution >= 0.6 is 23.1 Å². The Bertz CT molecular complexity index is 888. The number of thioether (sulfide) groups is 1. The van der Waals surface area contributed by atoms with E-state index in [1.165, 1.54) is 44.5 Å². The summed E-state index contributed by atoms with van der Waals surface area (Å²) in [7, 11) is 0. The summed E-state index contributed by atoms with van der Waals surface area (Å²) in [5.41, 5.74) is 2.58. The molecule has 136 valence electrons. The summed E-state index contributed by atoms with van der Waals surface area (Å²) >= 11 is 3.35. The first-order valence-electron chi connectivity index (χ1n) is 8.95. The van der Waals surface area contributed by atoms with Crippen LogP contribution in [0.3, 0.4) is 0 Å². The quantitative estimate of drug-likeness (QED) is 0.589. The van der Waals surface area contributed by atoms with E-state index in [9.17, 15) is 4.39 Å². The van der Waals surface area contributed by atoms with Gasteiger partial charge in [0, 0.05) is 17.9 Å². The molecule has 1 fully saturated rings. The Morgan fingerprint density at radius 3 is 2.65 bits per heavy atom. The Morgan fingerprint density at radius 2 is 1.88 bits per heavy atom. The van der Waals surface area contributed by atoms with Gasteiger partial charge in [0.2, 0.25) is 0 Å². The first-order chi connectivity index (χ1) is 12.7. The van der Waals surface area contributed by atoms with Gasteiger partial charge in [0.1, 0.15) is 22.1 Å². The van der Waals surface area contributed by atoms with Crippen molar-refractivity contribution in [2.75, 3.05) is 25.4 Å². The van der Waals surface area contributed by atoms with Gasteiger partial charge in [0.05, 0.1) is 9.71 Å². The van der Waals surface area contributed by atoms with E-state index in [-0.39, 0.29) is 5.82 Å². The topological polar surface area (TPSA) is 41.9 Å². The number of hydrogen-bond acceptors (Lipinski definition) is 6. The third-order valence-electron chi connectivity index (χ3n) is 4.61. The number of fused-ring (bicyclic) bond motifs is 1. The lowest BCUT2D eigenvalue weighted by molar-refractivity contribution is 0.242. The number of thiazole rings is 1. The molecule has 4 rings (SSSR count). The molecule has 0 N–H and O–H groups in total. The number of likely N-dealkylation sites (tertiary alicyclic amines) is 1. The van der Waals surface area contributed by atoms with Crippen molar-refractivity contribution in [3.8, 4) is 11.3 Å². The van der Waals surface area contributed by atoms with E-state index in [0.717, 1.165) is 43.8 Å². The minimum absolute atomic E-state index is 0.247. The number of nitrogens with zero attached hydrogens (tertiary/aromatic N) is 4. The van der Waals surface area contributed by atoms with Gasteiger partial charge in [-0.15, -0.1) is 33.3 Å². The highest BCUT2D eigenvalue weighted by Crippen LogP contribution is 2.35. The number of rotatable bonds is 5. The van der Waals surface area contributed by atoms with E-state index in [1.807, 2.05) is 6.92 Å². The van der Waals surface area contributed by atoms with Crippen LogP contribution in [-0.2, 0) is 0 Å². The second-order valence-electron chi connectivity index (χ2n) is 6.52. The van der Waals surface area contributed by atoms with E-state index in [4.69, 9.17) is 0 Å². The molecule has 7 heteroatoms. The Kier molecular flexibility index (Phi) is 5.47. The zero-order valence-electron chi connectivity index (χ0n) is 14.7. The number of benzene rings is 1. The molecular weight excluding hydrogens is 367 g/mol. The lowest BCUT2D eigenvalue weighted by Gasteiger charge is -2.25. The third-order valence-corrected chi connectivity index (χ3v) is 6.52. The Hall–Kier alpha value is -1.57. The molecule has 0 spiro atoms. The summed E-state index contributed by atoms with van der Waals surface area (Å²) in [5.74, 6) is 0.749. The average Bonchev–Trinajstić information content (AvgIpc) is 3.05. The summed E-state index contributed by atoms with van der Waals surface area (Å²) in [4.78, 5) is 7.22. The molecule has 3 heterocycles. The lowest BCUT2D eigenvalue weighted by Crippen LogP contribution is -2.31. The van der Waals surface area contributed by atoms with Gasteiger partial charge in [-0.05, 0) is 57.1 Å². The molecule has 1 aromatic carbocycles. The standard InChI is InChI=1S/C19H21FN4S2/c1-13-21-17-18(26-13)16(14-5-7-15(20)8-6-14)22-23-19(17)25-12-11-24-9-3-2-4-10-24/h5-8H,2-4,9-12H2,1H3. The highest BCUT2D eigenvalue weighted by atomic mass is 32.2. The van der Waals surface area contributed by atoms with Crippen molar-refractivity contribution in [3.05, 3.63) is 35.1 Å². The first-order valence-corrected chi connectivity index (χ1v) is 10.8. The highest BCUT2D eigenvalue weighted by Gasteiger charge is 2.16. The minimum Gasteiger partial charge on any atom is -0.303 e. The van der Waals surface area contributed by atoms with Gasteiger partial charge < -0.3 is 4.90 Å². The predicted octanol–water partition coefficient (Wildman–Crippen LogP) is 4.78. The van der Waals surface area contributed by atoms with E-state index in [1.54, 1.807) is 35.2 Å². The fourth-order valence-electron chi connectivity index (χ4n) is 3.27. The summed E-state index contributed by atoms with van der Waals surface area (Å²) in [5, 5.41) is 10.8. The molecule has 3 aromatic rings. The van der Waals surface area contributed by atoms with Crippen molar-refractivity contribution in [1.29, 1.82) is 0 Å². The van der Waals surface area contributed by atoms with E-state index < -0.39 is 0 Å². The van der Waals surface area contributed by atoms with Crippen LogP contribution in [0.5, 0.6) is 0 Å². The van der Waals surface area contributed by atoms with E-state index in [0.29, 0.717) is 0 Å². The second-order valence-corrected chi connectivity index (χ2v) is 8.81. The summed E-state index contributed by atoms with van der Waals surface area (Å²) in [6.45, 7) is 5.50. The van der Waals surface area contributed by atoms with E-state index in [2.05, 4.69) is 20.1 Å². The smallest absolute Gasteiger partial charge is 0.146 e. The summed E-state index contributed by atoms with van der Waals surface area (Å²) in [6.07, 6.45) is 3.98. The molecule has 26 heavy (non-hydrogen) atoms. The normalized spacial score (nSPS) is 15.6. The SMILES string of the molecule is Cc1nc2c(SCCN3CCCCC3)nnc(-c3ccc(F)cc3)c2s1. The van der Waals surface area contributed by atoms with Crippen molar-refractivity contribution in [2.24, 2.45) is 0 Å². The highest BCUT2D eigenvalue weighted by molar-refractivity contribution is 7.99. The van der Waals surface area contributed by atoms with Crippen LogP contribution < -0.4 is 0 Å². The number of piperidine rings is 1. The molecular formula is C19H21FN4S2. The molecule has 0 bridgehead atoms. The van der Waals surface area contributed by atoms with Gasteiger partial charge in [-0.3, -0.25) is 0 Å². The Labute approximate surface area is 160 Å². The van der Waals surface area contributed by atoms with Gasteiger partial charge in [-0.25, -0.2) is 9.37 Å². The Balaban J connectivity index is 1.56. The maximum Gasteiger partial charge on any atom is 0.146 e. The minimum atomic E-state index is -0.247. The summed E-state index contributed by atoms with van der Waals surface area (Å²) < 4.78 is 14.3. The van der Waals surface area contributed by atoms with Crippen LogP contribution in [0, 0.1) is 12.7 Å². The fourth-order valence-corrected chi connectivity index (χ4v) is 5.19. The monoisotopic (exact) mass is 388 g/mol. The third kappa shape index (κ3) is 3.89. The van der Waals surface area contributed by atoms with Crippen LogP contribution in [0.2, 0.25) is 0 Å². The van der Waals surface area contributed by atoms with Crippen molar-refractivity contribution < 1.29 is 4.39 Å². The van der Waals surface area contributed by atoms with Crippen LogP contribution in [0.25, 0.3) is 21.5 Å². The molecule has 1 saturated heterocycles. The van der Waals surface area contributed by atoms with Crippen LogP contribution in [0.15, 0.2) is 29.3 Å². The fraction of sp³-hybridized carbons (Fsp3) is 0.421. The van der Waals surface area contributed by atoms with Crippen molar-refractivity contribution in [3.63, 3.8) is 0 Å². The molecule has 1 aliphatic heterocycles. The summed E-state index contributed by atoms with van der Waals surface area (Å²) in [6, 6.07) is 6.41. The van der Waals surface area contributed by atoms with Gasteiger partial charge in [0.15, 0.2) is 0 Å². The molecule has 1 aliphatic rings. The molecule has 0 amide bonds. The lowest BCUT2D eigenvalue weighted by atomic mass is 10.1. The van der Waals surface area contributed by atoms with Crippen molar-refractivity contribution >= 4 is 33.3 Å². The first kappa shape index (κ1) is 17.8. The zero-order chi connectivity index (χ0) is 17.9. The maximum absolute atomic E-state index is 13.2. The van der Waals surface area contributed by atoms with Gasteiger partial charge in [-0.1, -0.05) is 6.42 Å². The van der Waals surface area contributed by atoms with Gasteiger partial charge in [-0.2, -0.15) is 0 Å². The van der Waals surface area contributed by atoms with Crippen molar-refractivity contribution in [1.82, 2.24) is 20.1 Å². The second kappa shape index (κ2) is 7.98. The number of aromatic nitrogens is 3. The largest absolute Gasteiger partial charge is 0.303 e. The van der Waals surface area contributed by atoms with Crippen LogP contribution in [0.1, 0.15) is 24.3 Å². The molecule has 0 unspecified atom stereocenters. The Morgan fingerprint density at radius 1 is 1.12 bits per heavy atom. The van der Waals surface area contributed by atoms with Crippen LogP contribution in [0.4, 0.5) is 4.39 Å².